The molecule has 0 amide bonds. The zero-order chi connectivity index (χ0) is 20.0. The number of carbonyl (C=O) groups is 2. The molecular formula is C24H28O4. The van der Waals surface area contributed by atoms with E-state index in [0.29, 0.717) is 6.61 Å². The van der Waals surface area contributed by atoms with Gasteiger partial charge in [-0.3, -0.25) is 4.79 Å². The summed E-state index contributed by atoms with van der Waals surface area (Å²) >= 11 is 0. The summed E-state index contributed by atoms with van der Waals surface area (Å²) in [5, 5.41) is 0. The number of hydrogen-bond donors (Lipinski definition) is 0. The molecule has 148 valence electrons. The van der Waals surface area contributed by atoms with Crippen LogP contribution in [-0.4, -0.2) is 24.6 Å². The first kappa shape index (κ1) is 20.1. The second kappa shape index (κ2) is 9.05. The SMILES string of the molecule is CCCC1(CCC)COC(=O)[C@@H]1OC(=O)C(c1ccccc1)c1ccccc1. The quantitative estimate of drug-likeness (QED) is 0.613. The summed E-state index contributed by atoms with van der Waals surface area (Å²) in [7, 11) is 0. The van der Waals surface area contributed by atoms with Gasteiger partial charge in [-0.15, -0.1) is 0 Å². The lowest BCUT2D eigenvalue weighted by Gasteiger charge is -2.31. The van der Waals surface area contributed by atoms with Crippen molar-refractivity contribution in [3.63, 3.8) is 0 Å². The van der Waals surface area contributed by atoms with E-state index in [1.54, 1.807) is 0 Å². The molecule has 0 unspecified atom stereocenters. The summed E-state index contributed by atoms with van der Waals surface area (Å²) < 4.78 is 11.3. The maximum absolute atomic E-state index is 13.3. The fourth-order valence-corrected chi connectivity index (χ4v) is 4.26. The Morgan fingerprint density at radius 1 is 1.00 bits per heavy atom. The summed E-state index contributed by atoms with van der Waals surface area (Å²) in [4.78, 5) is 25.8. The van der Waals surface area contributed by atoms with E-state index in [1.807, 2.05) is 60.7 Å². The molecule has 0 radical (unpaired) electrons. The Labute approximate surface area is 166 Å². The van der Waals surface area contributed by atoms with E-state index in [4.69, 9.17) is 9.47 Å². The van der Waals surface area contributed by atoms with Crippen molar-refractivity contribution in [2.45, 2.75) is 51.6 Å². The van der Waals surface area contributed by atoms with Crippen molar-refractivity contribution >= 4 is 11.9 Å². The monoisotopic (exact) mass is 380 g/mol. The van der Waals surface area contributed by atoms with Gasteiger partial charge in [0.15, 0.2) is 0 Å². The van der Waals surface area contributed by atoms with Gasteiger partial charge < -0.3 is 9.47 Å². The minimum Gasteiger partial charge on any atom is -0.462 e. The Morgan fingerprint density at radius 3 is 1.96 bits per heavy atom. The fourth-order valence-electron chi connectivity index (χ4n) is 4.26. The number of carbonyl (C=O) groups excluding carboxylic acids is 2. The van der Waals surface area contributed by atoms with E-state index in [9.17, 15) is 9.59 Å². The summed E-state index contributed by atoms with van der Waals surface area (Å²) in [6, 6.07) is 19.1. The molecule has 0 spiro atoms. The molecule has 2 aromatic rings. The van der Waals surface area contributed by atoms with Gasteiger partial charge in [-0.25, -0.2) is 4.79 Å². The zero-order valence-electron chi connectivity index (χ0n) is 16.6. The Balaban J connectivity index is 1.92. The molecule has 0 saturated carbocycles. The Morgan fingerprint density at radius 2 is 1.50 bits per heavy atom. The minimum atomic E-state index is -0.838. The van der Waals surface area contributed by atoms with Crippen molar-refractivity contribution in [2.75, 3.05) is 6.61 Å². The lowest BCUT2D eigenvalue weighted by Crippen LogP contribution is -2.40. The van der Waals surface area contributed by atoms with Crippen LogP contribution in [-0.2, 0) is 19.1 Å². The molecule has 0 aliphatic carbocycles. The minimum absolute atomic E-state index is 0.326. The largest absolute Gasteiger partial charge is 0.462 e. The highest BCUT2D eigenvalue weighted by molar-refractivity contribution is 5.86. The molecular weight excluding hydrogens is 352 g/mol. The lowest BCUT2D eigenvalue weighted by atomic mass is 9.76. The molecule has 1 atom stereocenters. The Hall–Kier alpha value is -2.62. The number of cyclic esters (lactones) is 1. The molecule has 1 aliphatic rings. The number of rotatable bonds is 8. The van der Waals surface area contributed by atoms with Gasteiger partial charge in [0.1, 0.15) is 12.5 Å². The van der Waals surface area contributed by atoms with Crippen molar-refractivity contribution in [3.8, 4) is 0 Å². The molecule has 0 bridgehead atoms. The van der Waals surface area contributed by atoms with Gasteiger partial charge in [-0.2, -0.15) is 0 Å². The third-order valence-corrected chi connectivity index (χ3v) is 5.50. The molecule has 1 aliphatic heterocycles. The Bertz CT molecular complexity index is 739. The summed E-state index contributed by atoms with van der Waals surface area (Å²) in [6.07, 6.45) is 2.57. The predicted molar refractivity (Wildman–Crippen MR) is 108 cm³/mol. The number of hydrogen-bond acceptors (Lipinski definition) is 4. The van der Waals surface area contributed by atoms with Crippen molar-refractivity contribution in [2.24, 2.45) is 5.41 Å². The van der Waals surface area contributed by atoms with Crippen molar-refractivity contribution < 1.29 is 19.1 Å². The van der Waals surface area contributed by atoms with Crippen molar-refractivity contribution in [1.29, 1.82) is 0 Å². The van der Waals surface area contributed by atoms with E-state index < -0.39 is 29.4 Å². The van der Waals surface area contributed by atoms with Crippen LogP contribution in [0.25, 0.3) is 0 Å². The van der Waals surface area contributed by atoms with Crippen LogP contribution in [0.15, 0.2) is 60.7 Å². The molecule has 3 rings (SSSR count). The van der Waals surface area contributed by atoms with Gasteiger partial charge in [0.05, 0.1) is 5.41 Å². The lowest BCUT2D eigenvalue weighted by molar-refractivity contribution is -0.164. The van der Waals surface area contributed by atoms with Gasteiger partial charge in [0.25, 0.3) is 0 Å². The maximum atomic E-state index is 13.3. The highest BCUT2D eigenvalue weighted by atomic mass is 16.6. The molecule has 1 heterocycles. The van der Waals surface area contributed by atoms with E-state index in [-0.39, 0.29) is 0 Å². The smallest absolute Gasteiger partial charge is 0.348 e. The van der Waals surface area contributed by atoms with Crippen LogP contribution >= 0.6 is 0 Å². The number of benzene rings is 2. The molecule has 0 N–H and O–H groups in total. The zero-order valence-corrected chi connectivity index (χ0v) is 16.6. The third kappa shape index (κ3) is 4.11. The standard InChI is InChI=1S/C24H28O4/c1-3-15-24(16-4-2)17-27-23(26)21(24)28-22(25)20(18-11-7-5-8-12-18)19-13-9-6-10-14-19/h5-14,20-21H,3-4,15-17H2,1-2H3/t21-/m0/s1. The van der Waals surface area contributed by atoms with Crippen molar-refractivity contribution in [3.05, 3.63) is 71.8 Å². The van der Waals surface area contributed by atoms with E-state index in [2.05, 4.69) is 13.8 Å². The normalized spacial score (nSPS) is 18.1. The van der Waals surface area contributed by atoms with Crippen LogP contribution in [0.5, 0.6) is 0 Å². The molecule has 4 nitrogen and oxygen atoms in total. The summed E-state index contributed by atoms with van der Waals surface area (Å²) in [5.74, 6) is -1.40. The Kier molecular flexibility index (Phi) is 6.50. The van der Waals surface area contributed by atoms with Crippen LogP contribution < -0.4 is 0 Å². The van der Waals surface area contributed by atoms with Crippen LogP contribution in [0.2, 0.25) is 0 Å². The van der Waals surface area contributed by atoms with Gasteiger partial charge in [-0.1, -0.05) is 87.4 Å². The average Bonchev–Trinajstić information content (AvgIpc) is 3.00. The molecule has 28 heavy (non-hydrogen) atoms. The van der Waals surface area contributed by atoms with Gasteiger partial charge in [0.2, 0.25) is 6.10 Å². The second-order valence-corrected chi connectivity index (χ2v) is 7.54. The molecule has 1 fully saturated rings. The summed E-state index contributed by atoms with van der Waals surface area (Å²) in [5.41, 5.74) is 1.28. The molecule has 4 heteroatoms. The highest BCUT2D eigenvalue weighted by Crippen LogP contribution is 2.42. The third-order valence-electron chi connectivity index (χ3n) is 5.50. The van der Waals surface area contributed by atoms with Crippen LogP contribution in [0.4, 0.5) is 0 Å². The van der Waals surface area contributed by atoms with Gasteiger partial charge in [0, 0.05) is 0 Å². The maximum Gasteiger partial charge on any atom is 0.348 e. The van der Waals surface area contributed by atoms with E-state index >= 15 is 0 Å². The van der Waals surface area contributed by atoms with Crippen LogP contribution in [0.1, 0.15) is 56.6 Å². The second-order valence-electron chi connectivity index (χ2n) is 7.54. The molecule has 1 saturated heterocycles. The van der Waals surface area contributed by atoms with Crippen LogP contribution in [0.3, 0.4) is 0 Å². The highest BCUT2D eigenvalue weighted by Gasteiger charge is 2.52. The predicted octanol–water partition coefficient (Wildman–Crippen LogP) is 4.87. The first-order chi connectivity index (χ1) is 13.6. The first-order valence-corrected chi connectivity index (χ1v) is 10.1. The van der Waals surface area contributed by atoms with Gasteiger partial charge >= 0.3 is 11.9 Å². The number of ether oxygens (including phenoxy) is 2. The average molecular weight is 380 g/mol. The van der Waals surface area contributed by atoms with Crippen molar-refractivity contribution in [1.82, 2.24) is 0 Å². The molecule has 2 aromatic carbocycles. The van der Waals surface area contributed by atoms with E-state index in [1.165, 1.54) is 0 Å². The fraction of sp³-hybridized carbons (Fsp3) is 0.417. The van der Waals surface area contributed by atoms with E-state index in [0.717, 1.165) is 36.8 Å². The van der Waals surface area contributed by atoms with Crippen LogP contribution in [0, 0.1) is 5.41 Å². The topological polar surface area (TPSA) is 52.6 Å². The first-order valence-electron chi connectivity index (χ1n) is 10.1. The molecule has 0 aromatic heterocycles. The van der Waals surface area contributed by atoms with Gasteiger partial charge in [-0.05, 0) is 24.0 Å². The number of esters is 2. The summed E-state index contributed by atoms with van der Waals surface area (Å²) in [6.45, 7) is 4.48.